The summed E-state index contributed by atoms with van der Waals surface area (Å²) in [6, 6.07) is 0. The number of hydrogen-bond donors (Lipinski definition) is 5. The van der Waals surface area contributed by atoms with E-state index in [1.807, 2.05) is 0 Å². The first-order chi connectivity index (χ1) is 14.3. The minimum Gasteiger partial charge on any atom is -0.463 e. The van der Waals surface area contributed by atoms with Crippen LogP contribution in [0.15, 0.2) is 0 Å². The van der Waals surface area contributed by atoms with Crippen molar-refractivity contribution >= 4 is 11.9 Å². The topological polar surface area (TPSA) is 136 Å². The number of amides is 1. The van der Waals surface area contributed by atoms with Crippen LogP contribution in [-0.4, -0.2) is 69.9 Å². The molecular weight excluding hydrogens is 390 g/mol. The third-order valence-corrected chi connectivity index (χ3v) is 5.07. The van der Waals surface area contributed by atoms with Crippen LogP contribution in [0.4, 0.5) is 0 Å². The van der Waals surface area contributed by atoms with E-state index in [1.165, 1.54) is 6.42 Å². The molecule has 0 spiro atoms. The fourth-order valence-corrected chi connectivity index (χ4v) is 3.01. The maximum atomic E-state index is 11.9. The van der Waals surface area contributed by atoms with Crippen molar-refractivity contribution in [3.8, 4) is 0 Å². The molecule has 5 N–H and O–H groups in total. The molecule has 0 aromatic heterocycles. The fraction of sp³-hybridized carbons (Fsp3) is 0.909. The zero-order chi connectivity index (χ0) is 22.8. The van der Waals surface area contributed by atoms with Crippen molar-refractivity contribution in [2.45, 2.75) is 115 Å². The van der Waals surface area contributed by atoms with Gasteiger partial charge in [0.1, 0.15) is 24.9 Å². The summed E-state index contributed by atoms with van der Waals surface area (Å²) in [5.74, 6) is -1.31. The van der Waals surface area contributed by atoms with Crippen molar-refractivity contribution in [3.63, 3.8) is 0 Å². The smallest absolute Gasteiger partial charge is 0.305 e. The lowest BCUT2D eigenvalue weighted by atomic mass is 10.0. The normalized spacial score (nSPS) is 15.3. The number of aliphatic hydroxyl groups is 4. The van der Waals surface area contributed by atoms with E-state index in [4.69, 9.17) is 4.74 Å². The molecule has 0 fully saturated rings. The maximum absolute atomic E-state index is 11.9. The van der Waals surface area contributed by atoms with Gasteiger partial charge in [-0.3, -0.25) is 9.59 Å². The van der Waals surface area contributed by atoms with Gasteiger partial charge in [0.25, 0.3) is 5.91 Å². The molecule has 0 aromatic rings. The molecule has 178 valence electrons. The molecular formula is C22H43NO7. The molecule has 0 aliphatic rings. The van der Waals surface area contributed by atoms with Crippen molar-refractivity contribution in [2.24, 2.45) is 0 Å². The first-order valence-corrected chi connectivity index (χ1v) is 11.5. The summed E-state index contributed by atoms with van der Waals surface area (Å²) in [5, 5.41) is 42.2. The Bertz CT molecular complexity index is 447. The van der Waals surface area contributed by atoms with Gasteiger partial charge in [-0.25, -0.2) is 0 Å². The van der Waals surface area contributed by atoms with E-state index in [9.17, 15) is 30.0 Å². The molecule has 4 unspecified atom stereocenters. The molecule has 8 nitrogen and oxygen atoms in total. The van der Waals surface area contributed by atoms with Gasteiger partial charge in [-0.1, -0.05) is 71.6 Å². The van der Waals surface area contributed by atoms with E-state index in [0.717, 1.165) is 57.8 Å². The van der Waals surface area contributed by atoms with Crippen LogP contribution in [0.3, 0.4) is 0 Å². The van der Waals surface area contributed by atoms with Crippen LogP contribution < -0.4 is 5.32 Å². The quantitative estimate of drug-likeness (QED) is 0.155. The number of esters is 1. The Morgan fingerprint density at radius 2 is 1.30 bits per heavy atom. The summed E-state index contributed by atoms with van der Waals surface area (Å²) in [4.78, 5) is 23.6. The molecule has 0 bridgehead atoms. The second kappa shape index (κ2) is 18.5. The van der Waals surface area contributed by atoms with Crippen molar-refractivity contribution in [2.75, 3.05) is 13.2 Å². The highest BCUT2D eigenvalue weighted by atomic mass is 16.5. The van der Waals surface area contributed by atoms with Crippen molar-refractivity contribution < 1.29 is 34.8 Å². The zero-order valence-electron chi connectivity index (χ0n) is 18.7. The number of ether oxygens (including phenoxy) is 1. The third kappa shape index (κ3) is 13.9. The Morgan fingerprint density at radius 1 is 0.767 bits per heavy atom. The predicted molar refractivity (Wildman–Crippen MR) is 115 cm³/mol. The van der Waals surface area contributed by atoms with Crippen LogP contribution in [0.2, 0.25) is 0 Å². The van der Waals surface area contributed by atoms with Crippen molar-refractivity contribution in [1.82, 2.24) is 5.32 Å². The molecule has 0 aliphatic carbocycles. The monoisotopic (exact) mass is 433 g/mol. The summed E-state index contributed by atoms with van der Waals surface area (Å²) >= 11 is 0. The van der Waals surface area contributed by atoms with Crippen LogP contribution >= 0.6 is 0 Å². The van der Waals surface area contributed by atoms with Gasteiger partial charge in [-0.15, -0.1) is 0 Å². The second-order valence-electron chi connectivity index (χ2n) is 7.90. The van der Waals surface area contributed by atoms with E-state index in [1.54, 1.807) is 0 Å². The van der Waals surface area contributed by atoms with E-state index < -0.39 is 42.9 Å². The minimum atomic E-state index is -1.89. The lowest BCUT2D eigenvalue weighted by Gasteiger charge is -2.25. The standard InChI is InChI=1S/C22H43NO7/c1-3-5-7-9-11-13-15-23-22(29)21(28)20(27)19(26)17(24)16-30-18(25)14-12-10-8-6-4-2/h17,19-21,24,26-28H,3-16H2,1-2H3,(H,23,29). The van der Waals surface area contributed by atoms with Gasteiger partial charge < -0.3 is 30.5 Å². The molecule has 0 saturated heterocycles. The molecule has 4 atom stereocenters. The summed E-state index contributed by atoms with van der Waals surface area (Å²) in [7, 11) is 0. The van der Waals surface area contributed by atoms with Gasteiger partial charge in [0.15, 0.2) is 6.10 Å². The summed E-state index contributed by atoms with van der Waals surface area (Å²) in [6.45, 7) is 4.09. The number of carbonyl (C=O) groups excluding carboxylic acids is 2. The lowest BCUT2D eigenvalue weighted by molar-refractivity contribution is -0.159. The van der Waals surface area contributed by atoms with Gasteiger partial charge >= 0.3 is 5.97 Å². The molecule has 1 amide bonds. The maximum Gasteiger partial charge on any atom is 0.305 e. The summed E-state index contributed by atoms with van der Waals surface area (Å²) in [5.41, 5.74) is 0. The Balaban J connectivity index is 4.06. The first-order valence-electron chi connectivity index (χ1n) is 11.5. The summed E-state index contributed by atoms with van der Waals surface area (Å²) < 4.78 is 4.90. The molecule has 0 radical (unpaired) electrons. The Labute approximate surface area is 181 Å². The zero-order valence-corrected chi connectivity index (χ0v) is 18.7. The molecule has 0 saturated carbocycles. The highest BCUT2D eigenvalue weighted by Gasteiger charge is 2.34. The van der Waals surface area contributed by atoms with Crippen LogP contribution in [0.1, 0.15) is 90.9 Å². The second-order valence-corrected chi connectivity index (χ2v) is 7.90. The van der Waals surface area contributed by atoms with Gasteiger partial charge in [0.05, 0.1) is 0 Å². The fourth-order valence-electron chi connectivity index (χ4n) is 3.01. The van der Waals surface area contributed by atoms with Gasteiger partial charge in [0.2, 0.25) is 0 Å². The molecule has 0 aromatic carbocycles. The summed E-state index contributed by atoms with van der Waals surface area (Å²) in [6.07, 6.45) is 4.21. The van der Waals surface area contributed by atoms with Gasteiger partial charge in [-0.05, 0) is 12.8 Å². The SMILES string of the molecule is CCCCCCCCNC(=O)C(O)C(O)C(O)C(O)COC(=O)CCCCCCC. The first kappa shape index (κ1) is 28.8. The number of nitrogens with one attached hydrogen (secondary N) is 1. The number of carbonyl (C=O) groups is 2. The number of unbranched alkanes of at least 4 members (excludes halogenated alkanes) is 9. The van der Waals surface area contributed by atoms with Gasteiger partial charge in [0, 0.05) is 13.0 Å². The van der Waals surface area contributed by atoms with Crippen LogP contribution in [0.5, 0.6) is 0 Å². The Morgan fingerprint density at radius 3 is 1.90 bits per heavy atom. The van der Waals surface area contributed by atoms with Crippen molar-refractivity contribution in [1.29, 1.82) is 0 Å². The van der Waals surface area contributed by atoms with Crippen LogP contribution in [-0.2, 0) is 14.3 Å². The molecule has 0 rings (SSSR count). The Kier molecular flexibility index (Phi) is 17.8. The molecule has 30 heavy (non-hydrogen) atoms. The predicted octanol–water partition coefficient (Wildman–Crippen LogP) is 1.81. The highest BCUT2D eigenvalue weighted by molar-refractivity contribution is 5.81. The molecule has 8 heteroatoms. The largest absolute Gasteiger partial charge is 0.463 e. The van der Waals surface area contributed by atoms with Crippen LogP contribution in [0, 0.1) is 0 Å². The number of aliphatic hydroxyl groups excluding tert-OH is 4. The van der Waals surface area contributed by atoms with E-state index >= 15 is 0 Å². The van der Waals surface area contributed by atoms with E-state index in [0.29, 0.717) is 13.0 Å². The lowest BCUT2D eigenvalue weighted by Crippen LogP contribution is -2.52. The minimum absolute atomic E-state index is 0.221. The van der Waals surface area contributed by atoms with E-state index in [2.05, 4.69) is 19.2 Å². The van der Waals surface area contributed by atoms with Crippen LogP contribution in [0.25, 0.3) is 0 Å². The number of hydrogen-bond acceptors (Lipinski definition) is 7. The van der Waals surface area contributed by atoms with Gasteiger partial charge in [-0.2, -0.15) is 0 Å². The van der Waals surface area contributed by atoms with E-state index in [-0.39, 0.29) is 6.42 Å². The Hall–Kier alpha value is -1.22. The average Bonchev–Trinajstić information content (AvgIpc) is 2.74. The highest BCUT2D eigenvalue weighted by Crippen LogP contribution is 2.09. The third-order valence-electron chi connectivity index (χ3n) is 5.07. The molecule has 0 heterocycles. The average molecular weight is 434 g/mol. The molecule has 0 aliphatic heterocycles. The number of rotatable bonds is 19. The van der Waals surface area contributed by atoms with Crippen molar-refractivity contribution in [3.05, 3.63) is 0 Å².